The van der Waals surface area contributed by atoms with Crippen LogP contribution in [0.4, 0.5) is 11.5 Å². The third kappa shape index (κ3) is 10.9. The predicted molar refractivity (Wildman–Crippen MR) is 258 cm³/mol. The number of rotatable bonds is 16. The number of carbonyl (C=O) groups is 4. The summed E-state index contributed by atoms with van der Waals surface area (Å²) in [4.78, 5) is 63.8. The largest absolute Gasteiger partial charge is 0.483 e. The number of anilines is 2. The summed E-state index contributed by atoms with van der Waals surface area (Å²) in [5.41, 5.74) is 13.7. The van der Waals surface area contributed by atoms with Gasteiger partial charge in [0.2, 0.25) is 17.7 Å². The summed E-state index contributed by atoms with van der Waals surface area (Å²) in [6.45, 7) is 4.72. The minimum atomic E-state index is -0.359. The lowest BCUT2D eigenvalue weighted by molar-refractivity contribution is -0.134. The highest BCUT2D eigenvalue weighted by Crippen LogP contribution is 2.48. The number of fused-ring (bicyclic) bond motifs is 1. The number of nitrogens with zero attached hydrogens (tertiary/aromatic N) is 8. The molecule has 5 aliphatic rings. The molecule has 10 rings (SSSR count). The van der Waals surface area contributed by atoms with Crippen molar-refractivity contribution in [3.63, 3.8) is 0 Å². The molecule has 0 radical (unpaired) electrons. The number of nitrogen functional groups attached to an aromatic ring is 1. The number of nitrogens with two attached hydrogens (primary N) is 1. The zero-order valence-corrected chi connectivity index (χ0v) is 39.0. The minimum absolute atomic E-state index is 0.195. The lowest BCUT2D eigenvalue weighted by Gasteiger charge is -2.32. The number of benzene rings is 1. The fraction of sp³-hybridized carbons (Fsp3) is 0.549. The molecule has 3 amide bonds. The molecule has 1 unspecified atom stereocenters. The number of likely N-dealkylation sites (tertiary alicyclic amines) is 2. The van der Waals surface area contributed by atoms with Crippen LogP contribution in [-0.2, 0) is 19.2 Å². The number of carboxylic acid groups (broad SMARTS) is 1. The Morgan fingerprint density at radius 1 is 0.809 bits per heavy atom. The van der Waals surface area contributed by atoms with E-state index < -0.39 is 0 Å². The van der Waals surface area contributed by atoms with Gasteiger partial charge in [0.1, 0.15) is 35.3 Å². The molecule has 0 spiro atoms. The van der Waals surface area contributed by atoms with Crippen LogP contribution in [0.3, 0.4) is 0 Å². The average Bonchev–Trinajstić information content (AvgIpc) is 3.68. The summed E-state index contributed by atoms with van der Waals surface area (Å²) in [5.74, 6) is 2.36. The van der Waals surface area contributed by atoms with E-state index in [1.165, 1.54) is 49.6 Å². The second-order valence-corrected chi connectivity index (χ2v) is 19.4. The number of piperidine rings is 3. The van der Waals surface area contributed by atoms with Crippen LogP contribution in [-0.4, -0.2) is 108 Å². The highest BCUT2D eigenvalue weighted by molar-refractivity contribution is 6.02. The van der Waals surface area contributed by atoms with Crippen LogP contribution < -0.4 is 16.4 Å². The molecule has 2 aliphatic carbocycles. The van der Waals surface area contributed by atoms with E-state index in [-0.39, 0.29) is 30.4 Å². The second-order valence-electron chi connectivity index (χ2n) is 19.4. The molecular formula is C51H65N11O6. The van der Waals surface area contributed by atoms with Crippen molar-refractivity contribution in [3.8, 4) is 22.6 Å². The molecule has 1 aromatic carbocycles. The highest BCUT2D eigenvalue weighted by Gasteiger charge is 2.36. The maximum absolute atomic E-state index is 13.2. The van der Waals surface area contributed by atoms with E-state index >= 15 is 0 Å². The topological polar surface area (TPSA) is 228 Å². The van der Waals surface area contributed by atoms with Crippen LogP contribution in [0.1, 0.15) is 156 Å². The van der Waals surface area contributed by atoms with Crippen molar-refractivity contribution in [3.05, 3.63) is 65.8 Å². The van der Waals surface area contributed by atoms with E-state index in [1.54, 1.807) is 0 Å². The Balaban J connectivity index is 0.00000188. The van der Waals surface area contributed by atoms with Gasteiger partial charge in [-0.2, -0.15) is 5.10 Å². The van der Waals surface area contributed by atoms with Crippen molar-refractivity contribution < 1.29 is 28.8 Å². The first-order chi connectivity index (χ1) is 33.3. The lowest BCUT2D eigenvalue weighted by Crippen LogP contribution is -2.47. The molecule has 2 saturated carbocycles. The van der Waals surface area contributed by atoms with Gasteiger partial charge in [-0.1, -0.05) is 55.5 Å². The molecule has 5 N–H and O–H groups in total. The smallest absolute Gasteiger partial charge is 0.290 e. The summed E-state index contributed by atoms with van der Waals surface area (Å²) in [5, 5.41) is 23.0. The standard InChI is InChI=1S/C50H63N11O4.CH2O2/c51-48-44-45(57-61(38-8-5-6-9-38)49(44)54-31-53-48)46-43(47(65-58-46)35-11-12-35)39-18-15-36(30-52-39)34-23-28-60(29-24-34)42(63)10-4-2-1-3-7-25-59-26-21-33(22-27-59)32-13-16-37(17-14-32)55-40-19-20-41(62)56-50(40)64;2-1-3/h13-18,30-31,33-35,38,40,55H,1-12,19-29H2,(H2,51,53,54)(H,56,62,64);1H,(H,2,3). The predicted octanol–water partition coefficient (Wildman–Crippen LogP) is 7.96. The van der Waals surface area contributed by atoms with Crippen LogP contribution in [0.2, 0.25) is 0 Å². The SMILES string of the molecule is Nc1ncnc2c1c(-c1noc(C3CC3)c1-c1ccc(C3CCN(C(=O)CCCCCCCN4CCC(c5ccc(NC6CCC(=O)NC6=O)cc5)CC4)CC3)cn1)nn2C1CCCC1.O=CO. The molecule has 0 bridgehead atoms. The number of amides is 3. The van der Waals surface area contributed by atoms with Crippen LogP contribution in [0.25, 0.3) is 33.7 Å². The molecule has 3 aliphatic heterocycles. The van der Waals surface area contributed by atoms with Crippen LogP contribution in [0.15, 0.2) is 53.4 Å². The fourth-order valence-corrected chi connectivity index (χ4v) is 10.8. The summed E-state index contributed by atoms with van der Waals surface area (Å²) >= 11 is 0. The Hall–Kier alpha value is -6.23. The molecule has 1 atom stereocenters. The Morgan fingerprint density at radius 2 is 1.50 bits per heavy atom. The average molecular weight is 928 g/mol. The molecule has 3 saturated heterocycles. The summed E-state index contributed by atoms with van der Waals surface area (Å²) in [7, 11) is 0. The fourth-order valence-electron chi connectivity index (χ4n) is 10.8. The Morgan fingerprint density at radius 3 is 2.21 bits per heavy atom. The molecule has 4 aromatic heterocycles. The molecule has 17 nitrogen and oxygen atoms in total. The van der Waals surface area contributed by atoms with Crippen molar-refractivity contribution in [2.75, 3.05) is 43.8 Å². The number of hydrogen-bond donors (Lipinski definition) is 4. The second kappa shape index (κ2) is 21.8. The Labute approximate surface area is 397 Å². The van der Waals surface area contributed by atoms with Crippen molar-refractivity contribution in [1.82, 2.24) is 45.0 Å². The first kappa shape index (κ1) is 46.9. The van der Waals surface area contributed by atoms with Crippen molar-refractivity contribution in [2.24, 2.45) is 0 Å². The van der Waals surface area contributed by atoms with Gasteiger partial charge in [-0.15, -0.1) is 0 Å². The van der Waals surface area contributed by atoms with Crippen LogP contribution >= 0.6 is 0 Å². The van der Waals surface area contributed by atoms with E-state index in [0.717, 1.165) is 131 Å². The minimum Gasteiger partial charge on any atom is -0.483 e. The zero-order valence-electron chi connectivity index (χ0n) is 39.0. The Bertz CT molecular complexity index is 2520. The van der Waals surface area contributed by atoms with Gasteiger partial charge in [-0.25, -0.2) is 14.6 Å². The normalized spacial score (nSPS) is 19.8. The van der Waals surface area contributed by atoms with Gasteiger partial charge in [0.05, 0.1) is 22.7 Å². The zero-order chi connectivity index (χ0) is 47.0. The first-order valence-electron chi connectivity index (χ1n) is 25.0. The molecule has 5 fully saturated rings. The monoisotopic (exact) mass is 928 g/mol. The van der Waals surface area contributed by atoms with Gasteiger partial charge in [0, 0.05) is 43.7 Å². The molecule has 7 heterocycles. The van der Waals surface area contributed by atoms with Gasteiger partial charge in [0.25, 0.3) is 6.47 Å². The van der Waals surface area contributed by atoms with Crippen molar-refractivity contribution in [2.45, 2.75) is 145 Å². The third-order valence-electron chi connectivity index (χ3n) is 14.9. The number of nitrogens with one attached hydrogen (secondary N) is 2. The highest BCUT2D eigenvalue weighted by atomic mass is 16.5. The van der Waals surface area contributed by atoms with E-state index in [0.29, 0.717) is 60.1 Å². The summed E-state index contributed by atoms with van der Waals surface area (Å²) in [6.07, 6.45) is 21.5. The van der Waals surface area contributed by atoms with Crippen molar-refractivity contribution >= 4 is 46.7 Å². The third-order valence-corrected chi connectivity index (χ3v) is 14.9. The summed E-state index contributed by atoms with van der Waals surface area (Å²) < 4.78 is 8.10. The number of unbranched alkanes of at least 4 members (excludes halogenated alkanes) is 4. The maximum Gasteiger partial charge on any atom is 0.290 e. The van der Waals surface area contributed by atoms with Crippen LogP contribution in [0, 0.1) is 0 Å². The van der Waals surface area contributed by atoms with Gasteiger partial charge in [0.15, 0.2) is 5.65 Å². The quantitative estimate of drug-likeness (QED) is 0.0418. The molecule has 360 valence electrons. The van der Waals surface area contributed by atoms with E-state index in [1.807, 2.05) is 10.9 Å². The number of aromatic nitrogens is 6. The van der Waals surface area contributed by atoms with E-state index in [2.05, 4.69) is 72.0 Å². The number of imide groups is 1. The molecular weight excluding hydrogens is 863 g/mol. The first-order valence-corrected chi connectivity index (χ1v) is 25.0. The van der Waals surface area contributed by atoms with Gasteiger partial charge >= 0.3 is 0 Å². The number of carbonyl (C=O) groups excluding carboxylic acids is 3. The van der Waals surface area contributed by atoms with Crippen LogP contribution in [0.5, 0.6) is 0 Å². The number of hydrogen-bond acceptors (Lipinski definition) is 13. The van der Waals surface area contributed by atoms with Gasteiger partial charge in [-0.3, -0.25) is 29.5 Å². The molecule has 5 aromatic rings. The maximum atomic E-state index is 13.2. The van der Waals surface area contributed by atoms with Gasteiger partial charge < -0.3 is 30.5 Å². The summed E-state index contributed by atoms with van der Waals surface area (Å²) in [6, 6.07) is 12.7. The van der Waals surface area contributed by atoms with Gasteiger partial charge in [-0.05, 0) is 131 Å². The number of pyridine rings is 1. The Kier molecular flexibility index (Phi) is 15.0. The molecule has 17 heteroatoms. The van der Waals surface area contributed by atoms with E-state index in [9.17, 15) is 14.4 Å². The molecule has 68 heavy (non-hydrogen) atoms. The lowest BCUT2D eigenvalue weighted by atomic mass is 9.89. The van der Waals surface area contributed by atoms with Crippen molar-refractivity contribution in [1.29, 1.82) is 0 Å². The van der Waals surface area contributed by atoms with E-state index in [4.69, 9.17) is 30.2 Å².